The van der Waals surface area contributed by atoms with Gasteiger partial charge in [0.05, 0.1) is 0 Å². The molecule has 4 fully saturated rings. The number of carbonyl (C=O) groups is 1. The Hall–Kier alpha value is -0.0500. The van der Waals surface area contributed by atoms with Gasteiger partial charge in [0.2, 0.25) is 0 Å². The van der Waals surface area contributed by atoms with E-state index in [1.165, 1.54) is 38.5 Å². The first-order valence-corrected chi connectivity index (χ1v) is 7.19. The number of carboxylic acids is 1. The first kappa shape index (κ1) is 11.1. The van der Waals surface area contributed by atoms with E-state index in [0.29, 0.717) is 16.2 Å². The van der Waals surface area contributed by atoms with Gasteiger partial charge in [0, 0.05) is 10.7 Å². The molecule has 4 saturated carbocycles. The van der Waals surface area contributed by atoms with E-state index in [2.05, 4.69) is 15.9 Å². The molecule has 0 aromatic carbocycles. The Bertz CT molecular complexity index is 312. The van der Waals surface area contributed by atoms with Crippen molar-refractivity contribution in [2.24, 2.45) is 17.3 Å². The minimum absolute atomic E-state index is 0.364. The zero-order valence-electron chi connectivity index (χ0n) is 9.54. The first-order chi connectivity index (χ1) is 7.49. The monoisotopic (exact) mass is 286 g/mol. The van der Waals surface area contributed by atoms with Crippen LogP contribution in [0.2, 0.25) is 0 Å². The molecular weight excluding hydrogens is 268 g/mol. The normalized spacial score (nSPS) is 49.6. The maximum Gasteiger partial charge on any atom is 0.303 e. The van der Waals surface area contributed by atoms with E-state index in [9.17, 15) is 4.79 Å². The summed E-state index contributed by atoms with van der Waals surface area (Å²) in [6.07, 6.45) is 9.15. The van der Waals surface area contributed by atoms with Gasteiger partial charge in [0.25, 0.3) is 0 Å². The van der Waals surface area contributed by atoms with Crippen molar-refractivity contribution in [2.75, 3.05) is 0 Å². The van der Waals surface area contributed by atoms with Crippen LogP contribution in [-0.4, -0.2) is 15.4 Å². The molecule has 0 amide bonds. The first-order valence-electron chi connectivity index (χ1n) is 6.39. The molecule has 4 aliphatic rings. The minimum atomic E-state index is -0.626. The molecule has 16 heavy (non-hydrogen) atoms. The molecule has 2 nitrogen and oxygen atoms in total. The summed E-state index contributed by atoms with van der Waals surface area (Å²) in [5, 5.41) is 8.87. The highest BCUT2D eigenvalue weighted by molar-refractivity contribution is 9.10. The van der Waals surface area contributed by atoms with Crippen LogP contribution in [0, 0.1) is 17.3 Å². The number of hydrogen-bond donors (Lipinski definition) is 1. The average Bonchev–Trinajstić information content (AvgIpc) is 2.10. The molecule has 3 heteroatoms. The van der Waals surface area contributed by atoms with Gasteiger partial charge in [0.1, 0.15) is 0 Å². The number of rotatable bonds is 3. The third-order valence-corrected chi connectivity index (χ3v) is 5.91. The smallest absolute Gasteiger partial charge is 0.303 e. The Balaban J connectivity index is 1.78. The summed E-state index contributed by atoms with van der Waals surface area (Å²) in [6, 6.07) is 0. The number of aliphatic carboxylic acids is 1. The molecule has 4 bridgehead atoms. The maximum absolute atomic E-state index is 10.8. The summed E-state index contributed by atoms with van der Waals surface area (Å²) in [5.74, 6) is 1.11. The van der Waals surface area contributed by atoms with Crippen molar-refractivity contribution in [3.8, 4) is 0 Å². The van der Waals surface area contributed by atoms with Gasteiger partial charge in [-0.05, 0) is 62.2 Å². The Kier molecular flexibility index (Phi) is 2.40. The van der Waals surface area contributed by atoms with E-state index < -0.39 is 5.97 Å². The second-order valence-electron chi connectivity index (χ2n) is 6.51. The van der Waals surface area contributed by atoms with Crippen LogP contribution < -0.4 is 0 Å². The van der Waals surface area contributed by atoms with Gasteiger partial charge in [-0.25, -0.2) is 0 Å². The van der Waals surface area contributed by atoms with E-state index in [1.54, 1.807) is 0 Å². The lowest BCUT2D eigenvalue weighted by Gasteiger charge is -2.60. The van der Waals surface area contributed by atoms with Crippen LogP contribution in [0.15, 0.2) is 0 Å². The van der Waals surface area contributed by atoms with Crippen LogP contribution in [0.1, 0.15) is 51.4 Å². The molecular formula is C13H19BrO2. The van der Waals surface area contributed by atoms with Crippen molar-refractivity contribution in [3.63, 3.8) is 0 Å². The summed E-state index contributed by atoms with van der Waals surface area (Å²) in [4.78, 5) is 10.8. The fourth-order valence-electron chi connectivity index (χ4n) is 5.00. The molecule has 0 aliphatic heterocycles. The minimum Gasteiger partial charge on any atom is -0.481 e. The van der Waals surface area contributed by atoms with Crippen LogP contribution in [0.4, 0.5) is 0 Å². The number of alkyl halides is 1. The Morgan fingerprint density at radius 1 is 1.25 bits per heavy atom. The van der Waals surface area contributed by atoms with Gasteiger partial charge in [-0.1, -0.05) is 15.9 Å². The quantitative estimate of drug-likeness (QED) is 0.805. The lowest BCUT2D eigenvalue weighted by molar-refractivity contribution is -0.139. The summed E-state index contributed by atoms with van der Waals surface area (Å²) in [6.45, 7) is 0. The molecule has 0 heterocycles. The Labute approximate surface area is 105 Å². The van der Waals surface area contributed by atoms with Gasteiger partial charge >= 0.3 is 5.97 Å². The maximum atomic E-state index is 10.8. The third-order valence-electron chi connectivity index (χ3n) is 4.98. The fraction of sp³-hybridized carbons (Fsp3) is 0.923. The van der Waals surface area contributed by atoms with Crippen LogP contribution in [-0.2, 0) is 4.79 Å². The number of hydrogen-bond acceptors (Lipinski definition) is 1. The third kappa shape index (κ3) is 1.81. The van der Waals surface area contributed by atoms with Gasteiger partial charge in [-0.3, -0.25) is 4.79 Å². The molecule has 0 saturated heterocycles. The SMILES string of the molecule is O=C(O)CCC12C[C@@H]3C[C@@H](CC(Br)(C3)C1)C2. The van der Waals surface area contributed by atoms with Crippen LogP contribution in [0.25, 0.3) is 0 Å². The summed E-state index contributed by atoms with van der Waals surface area (Å²) >= 11 is 3.95. The summed E-state index contributed by atoms with van der Waals surface area (Å²) < 4.78 is 0.371. The lowest BCUT2D eigenvalue weighted by atomic mass is 9.48. The van der Waals surface area contributed by atoms with E-state index in [0.717, 1.165) is 18.3 Å². The highest BCUT2D eigenvalue weighted by Crippen LogP contribution is 2.65. The van der Waals surface area contributed by atoms with Gasteiger partial charge in [0.15, 0.2) is 0 Å². The van der Waals surface area contributed by atoms with Crippen LogP contribution in [0.3, 0.4) is 0 Å². The van der Waals surface area contributed by atoms with E-state index in [-0.39, 0.29) is 0 Å². The summed E-state index contributed by atoms with van der Waals surface area (Å²) in [7, 11) is 0. The summed E-state index contributed by atoms with van der Waals surface area (Å²) in [5.41, 5.74) is 0.367. The van der Waals surface area contributed by atoms with Crippen molar-refractivity contribution in [1.29, 1.82) is 0 Å². The molecule has 4 rings (SSSR count). The zero-order valence-corrected chi connectivity index (χ0v) is 11.1. The highest BCUT2D eigenvalue weighted by Gasteiger charge is 2.56. The van der Waals surface area contributed by atoms with Crippen molar-refractivity contribution >= 4 is 21.9 Å². The second-order valence-corrected chi connectivity index (χ2v) is 8.19. The predicted octanol–water partition coefficient (Wildman–Crippen LogP) is 3.59. The molecule has 2 unspecified atom stereocenters. The fourth-order valence-corrected chi connectivity index (χ4v) is 6.51. The molecule has 0 radical (unpaired) electrons. The van der Waals surface area contributed by atoms with Gasteiger partial charge in [-0.2, -0.15) is 0 Å². The largest absolute Gasteiger partial charge is 0.481 e. The van der Waals surface area contributed by atoms with Crippen LogP contribution in [0.5, 0.6) is 0 Å². The Morgan fingerprint density at radius 3 is 2.38 bits per heavy atom. The Morgan fingerprint density at radius 2 is 1.88 bits per heavy atom. The highest BCUT2D eigenvalue weighted by atomic mass is 79.9. The predicted molar refractivity (Wildman–Crippen MR) is 65.6 cm³/mol. The second kappa shape index (κ2) is 3.47. The molecule has 4 aliphatic carbocycles. The van der Waals surface area contributed by atoms with Crippen molar-refractivity contribution in [1.82, 2.24) is 0 Å². The molecule has 0 aromatic rings. The van der Waals surface area contributed by atoms with E-state index >= 15 is 0 Å². The van der Waals surface area contributed by atoms with E-state index in [1.807, 2.05) is 0 Å². The number of carboxylic acid groups (broad SMARTS) is 1. The van der Waals surface area contributed by atoms with Crippen molar-refractivity contribution < 1.29 is 9.90 Å². The lowest BCUT2D eigenvalue weighted by Crippen LogP contribution is -2.52. The zero-order chi connectivity index (χ0) is 11.4. The van der Waals surface area contributed by atoms with E-state index in [4.69, 9.17) is 5.11 Å². The number of halogens is 1. The molecule has 0 spiro atoms. The van der Waals surface area contributed by atoms with Crippen molar-refractivity contribution in [3.05, 3.63) is 0 Å². The van der Waals surface area contributed by atoms with Crippen LogP contribution >= 0.6 is 15.9 Å². The molecule has 1 N–H and O–H groups in total. The van der Waals surface area contributed by atoms with Crippen molar-refractivity contribution in [2.45, 2.75) is 55.7 Å². The van der Waals surface area contributed by atoms with Gasteiger partial charge < -0.3 is 5.11 Å². The standard InChI is InChI=1S/C13H19BrO2/c14-13-6-9-3-10(7-13)5-12(4-9,8-13)2-1-11(15)16/h9-10H,1-8H2,(H,15,16)/t9-,10+,12?,13?. The average molecular weight is 287 g/mol. The molecule has 4 atom stereocenters. The molecule has 0 aromatic heterocycles. The topological polar surface area (TPSA) is 37.3 Å². The van der Waals surface area contributed by atoms with Gasteiger partial charge in [-0.15, -0.1) is 0 Å². The molecule has 90 valence electrons.